The molecule has 2 aromatic heterocycles. The van der Waals surface area contributed by atoms with E-state index < -0.39 is 27.0 Å². The Bertz CT molecular complexity index is 1580. The minimum absolute atomic E-state index is 0.120. The van der Waals surface area contributed by atoms with E-state index in [9.17, 15) is 22.8 Å². The van der Waals surface area contributed by atoms with Crippen LogP contribution in [0.2, 0.25) is 0 Å². The Kier molecular flexibility index (Phi) is 5.73. The SMILES string of the molecule is Cn1c(=O)c2c(ncn2CC(=O)Nc2ccccc2CS(=O)(=O)c2ccccc2)n(C)c1=O. The van der Waals surface area contributed by atoms with Crippen LogP contribution in [0.15, 0.2) is 75.4 Å². The zero-order valence-electron chi connectivity index (χ0n) is 17.9. The van der Waals surface area contributed by atoms with Crippen molar-refractivity contribution in [3.63, 3.8) is 0 Å². The van der Waals surface area contributed by atoms with Gasteiger partial charge in [-0.2, -0.15) is 0 Å². The molecule has 0 unspecified atom stereocenters. The van der Waals surface area contributed by atoms with E-state index in [1.165, 1.54) is 41.7 Å². The Balaban J connectivity index is 1.60. The highest BCUT2D eigenvalue weighted by Crippen LogP contribution is 2.22. The highest BCUT2D eigenvalue weighted by molar-refractivity contribution is 7.90. The second-order valence-electron chi connectivity index (χ2n) is 7.53. The largest absolute Gasteiger partial charge is 0.332 e. The van der Waals surface area contributed by atoms with Crippen molar-refractivity contribution in [3.8, 4) is 0 Å². The summed E-state index contributed by atoms with van der Waals surface area (Å²) in [7, 11) is -0.769. The molecule has 2 heterocycles. The van der Waals surface area contributed by atoms with Gasteiger partial charge in [-0.3, -0.25) is 18.7 Å². The van der Waals surface area contributed by atoms with Crippen molar-refractivity contribution in [3.05, 3.63) is 87.3 Å². The van der Waals surface area contributed by atoms with Gasteiger partial charge in [0.15, 0.2) is 21.0 Å². The number of fused-ring (bicyclic) bond motifs is 1. The molecule has 0 aliphatic heterocycles. The van der Waals surface area contributed by atoms with Crippen LogP contribution in [0, 0.1) is 0 Å². The number of nitrogens with one attached hydrogen (secondary N) is 1. The number of carbonyl (C=O) groups is 1. The fourth-order valence-electron chi connectivity index (χ4n) is 3.55. The summed E-state index contributed by atoms with van der Waals surface area (Å²) in [6.45, 7) is -0.246. The van der Waals surface area contributed by atoms with Gasteiger partial charge in [-0.15, -0.1) is 0 Å². The average Bonchev–Trinajstić information content (AvgIpc) is 3.21. The van der Waals surface area contributed by atoms with E-state index in [-0.39, 0.29) is 28.4 Å². The number of aryl methyl sites for hydroxylation is 1. The van der Waals surface area contributed by atoms with E-state index in [0.717, 1.165) is 4.57 Å². The Hall–Kier alpha value is -3.99. The van der Waals surface area contributed by atoms with E-state index in [1.807, 2.05) is 0 Å². The monoisotopic (exact) mass is 467 g/mol. The standard InChI is InChI=1S/C22H21N5O5S/c1-25-20-19(21(29)26(2)22(25)30)27(14-23-20)12-18(28)24-17-11-7-6-8-15(17)13-33(31,32)16-9-4-3-5-10-16/h3-11,14H,12-13H2,1-2H3,(H,24,28). The average molecular weight is 468 g/mol. The Morgan fingerprint density at radius 1 is 0.970 bits per heavy atom. The summed E-state index contributed by atoms with van der Waals surface area (Å²) in [5.41, 5.74) is -0.00122. The van der Waals surface area contributed by atoms with Crippen LogP contribution in [-0.2, 0) is 41.0 Å². The molecule has 2 aromatic carbocycles. The molecule has 170 valence electrons. The number of sulfone groups is 1. The quantitative estimate of drug-likeness (QED) is 0.452. The van der Waals surface area contributed by atoms with Crippen molar-refractivity contribution in [1.29, 1.82) is 0 Å². The molecule has 1 N–H and O–H groups in total. The third kappa shape index (κ3) is 4.22. The van der Waals surface area contributed by atoms with Gasteiger partial charge in [0.05, 0.1) is 17.0 Å². The number of benzene rings is 2. The maximum absolute atomic E-state index is 12.8. The molecule has 1 amide bonds. The number of imidazole rings is 1. The van der Waals surface area contributed by atoms with Crippen LogP contribution >= 0.6 is 0 Å². The molecule has 0 saturated carbocycles. The van der Waals surface area contributed by atoms with Crippen molar-refractivity contribution >= 4 is 32.6 Å². The number of hydrogen-bond donors (Lipinski definition) is 1. The molecular formula is C22H21N5O5S. The third-order valence-corrected chi connectivity index (χ3v) is 6.95. The molecular weight excluding hydrogens is 446 g/mol. The summed E-state index contributed by atoms with van der Waals surface area (Å²) in [5, 5.41) is 2.72. The zero-order valence-corrected chi connectivity index (χ0v) is 18.7. The molecule has 4 aromatic rings. The number of aromatic nitrogens is 4. The van der Waals surface area contributed by atoms with E-state index >= 15 is 0 Å². The molecule has 0 aliphatic rings. The molecule has 33 heavy (non-hydrogen) atoms. The van der Waals surface area contributed by atoms with Gasteiger partial charge in [0, 0.05) is 19.8 Å². The first-order chi connectivity index (χ1) is 15.7. The Morgan fingerprint density at radius 2 is 1.64 bits per heavy atom. The molecule has 0 saturated heterocycles. The van der Waals surface area contributed by atoms with Crippen molar-refractivity contribution in [2.45, 2.75) is 17.2 Å². The molecule has 0 fully saturated rings. The van der Waals surface area contributed by atoms with E-state index in [2.05, 4.69) is 10.3 Å². The van der Waals surface area contributed by atoms with Gasteiger partial charge in [0.1, 0.15) is 6.54 Å². The second-order valence-corrected chi connectivity index (χ2v) is 9.52. The molecule has 0 radical (unpaired) electrons. The van der Waals surface area contributed by atoms with E-state index in [0.29, 0.717) is 11.3 Å². The fourth-order valence-corrected chi connectivity index (χ4v) is 4.94. The van der Waals surface area contributed by atoms with Crippen LogP contribution in [0.1, 0.15) is 5.56 Å². The smallest absolute Gasteiger partial charge is 0.324 e. The van der Waals surface area contributed by atoms with E-state index in [1.54, 1.807) is 42.5 Å². The normalized spacial score (nSPS) is 11.6. The van der Waals surface area contributed by atoms with Crippen molar-refractivity contribution in [2.24, 2.45) is 14.1 Å². The van der Waals surface area contributed by atoms with Gasteiger partial charge in [0.25, 0.3) is 5.56 Å². The highest BCUT2D eigenvalue weighted by atomic mass is 32.2. The summed E-state index contributed by atoms with van der Waals surface area (Å²) >= 11 is 0. The van der Waals surface area contributed by atoms with Crippen LogP contribution in [0.5, 0.6) is 0 Å². The minimum atomic E-state index is -3.61. The number of anilines is 1. The molecule has 10 nitrogen and oxygen atoms in total. The van der Waals surface area contributed by atoms with Crippen molar-refractivity contribution in [1.82, 2.24) is 18.7 Å². The van der Waals surface area contributed by atoms with Crippen molar-refractivity contribution in [2.75, 3.05) is 5.32 Å². The minimum Gasteiger partial charge on any atom is -0.324 e. The maximum Gasteiger partial charge on any atom is 0.332 e. The highest BCUT2D eigenvalue weighted by Gasteiger charge is 2.19. The number of para-hydroxylation sites is 1. The second kappa shape index (κ2) is 8.51. The predicted molar refractivity (Wildman–Crippen MR) is 123 cm³/mol. The number of carbonyl (C=O) groups excluding carboxylic acids is 1. The lowest BCUT2D eigenvalue weighted by molar-refractivity contribution is -0.116. The first kappa shape index (κ1) is 22.2. The third-order valence-electron chi connectivity index (χ3n) is 5.27. The van der Waals surface area contributed by atoms with E-state index in [4.69, 9.17) is 0 Å². The molecule has 0 aliphatic carbocycles. The topological polar surface area (TPSA) is 125 Å². The van der Waals surface area contributed by atoms with Crippen molar-refractivity contribution < 1.29 is 13.2 Å². The number of nitrogens with zero attached hydrogens (tertiary/aromatic N) is 4. The summed E-state index contributed by atoms with van der Waals surface area (Å²) in [6, 6.07) is 14.7. The summed E-state index contributed by atoms with van der Waals surface area (Å²) in [4.78, 5) is 41.7. The number of hydrogen-bond acceptors (Lipinski definition) is 6. The van der Waals surface area contributed by atoms with Gasteiger partial charge in [0.2, 0.25) is 5.91 Å². The predicted octanol–water partition coefficient (Wildman–Crippen LogP) is 1.05. The molecule has 0 atom stereocenters. The lowest BCUT2D eigenvalue weighted by Gasteiger charge is -2.12. The van der Waals surface area contributed by atoms with Crippen LogP contribution in [-0.4, -0.2) is 33.0 Å². The van der Waals surface area contributed by atoms with Gasteiger partial charge in [-0.25, -0.2) is 18.2 Å². The molecule has 4 rings (SSSR count). The van der Waals surface area contributed by atoms with Crippen LogP contribution < -0.4 is 16.6 Å². The van der Waals surface area contributed by atoms with Gasteiger partial charge in [-0.05, 0) is 23.8 Å². The first-order valence-corrected chi connectivity index (χ1v) is 11.6. The van der Waals surface area contributed by atoms with Gasteiger partial charge in [-0.1, -0.05) is 36.4 Å². The lowest BCUT2D eigenvalue weighted by Crippen LogP contribution is -2.37. The Labute approximate surface area is 188 Å². The van der Waals surface area contributed by atoms with Crippen LogP contribution in [0.3, 0.4) is 0 Å². The maximum atomic E-state index is 12.8. The Morgan fingerprint density at radius 3 is 2.36 bits per heavy atom. The first-order valence-electron chi connectivity index (χ1n) is 9.95. The van der Waals surface area contributed by atoms with Crippen LogP contribution in [0.4, 0.5) is 5.69 Å². The van der Waals surface area contributed by atoms with Crippen LogP contribution in [0.25, 0.3) is 11.2 Å². The molecule has 0 spiro atoms. The number of rotatable bonds is 6. The zero-order chi connectivity index (χ0) is 23.8. The summed E-state index contributed by atoms with van der Waals surface area (Å²) in [5.74, 6) is -0.765. The molecule has 11 heteroatoms. The fraction of sp³-hybridized carbons (Fsp3) is 0.182. The summed E-state index contributed by atoms with van der Waals surface area (Å²) in [6.07, 6.45) is 1.32. The van der Waals surface area contributed by atoms with Gasteiger partial charge >= 0.3 is 5.69 Å². The number of amides is 1. The van der Waals surface area contributed by atoms with Gasteiger partial charge < -0.3 is 9.88 Å². The lowest BCUT2D eigenvalue weighted by atomic mass is 10.2. The molecule has 0 bridgehead atoms. The summed E-state index contributed by atoms with van der Waals surface area (Å²) < 4.78 is 29.1.